The van der Waals surface area contributed by atoms with E-state index in [1.54, 1.807) is 0 Å². The second-order valence-corrected chi connectivity index (χ2v) is 6.90. The van der Waals surface area contributed by atoms with Gasteiger partial charge in [-0.05, 0) is 37.6 Å². The Bertz CT molecular complexity index is 1000. The molecule has 0 spiro atoms. The number of nitrogens with zero attached hydrogens (tertiary/aromatic N) is 3. The molecular formula is C20H23N5O. The Hall–Kier alpha value is -2.86. The molecular weight excluding hydrogens is 326 g/mol. The third kappa shape index (κ3) is 2.93. The summed E-state index contributed by atoms with van der Waals surface area (Å²) < 4.78 is 2.28. The van der Waals surface area contributed by atoms with Gasteiger partial charge in [-0.25, -0.2) is 4.98 Å². The number of para-hydroxylation sites is 1. The quantitative estimate of drug-likeness (QED) is 0.760. The lowest BCUT2D eigenvalue weighted by Gasteiger charge is -2.27. The second kappa shape index (κ2) is 6.46. The second-order valence-electron chi connectivity index (χ2n) is 6.90. The third-order valence-electron chi connectivity index (χ3n) is 5.11. The first-order chi connectivity index (χ1) is 12.5. The fourth-order valence-corrected chi connectivity index (χ4v) is 3.84. The van der Waals surface area contributed by atoms with Gasteiger partial charge in [-0.3, -0.25) is 14.7 Å². The molecule has 0 radical (unpaired) electrons. The zero-order chi connectivity index (χ0) is 18.3. The number of aromatic nitrogens is 3. The summed E-state index contributed by atoms with van der Waals surface area (Å²) in [5.41, 5.74) is 12.0. The summed E-state index contributed by atoms with van der Waals surface area (Å²) in [6.45, 7) is 6.58. The Kier molecular flexibility index (Phi) is 4.12. The molecule has 6 heteroatoms. The Morgan fingerprint density at radius 1 is 1.23 bits per heavy atom. The fraction of sp³-hybridized carbons (Fsp3) is 0.300. The van der Waals surface area contributed by atoms with Crippen LogP contribution in [-0.4, -0.2) is 26.0 Å². The lowest BCUT2D eigenvalue weighted by molar-refractivity contribution is 0.241. The maximum absolute atomic E-state index is 12.2. The predicted octanol–water partition coefficient (Wildman–Crippen LogP) is 2.32. The number of benzene rings is 1. The molecule has 0 atom stereocenters. The summed E-state index contributed by atoms with van der Waals surface area (Å²) >= 11 is 0. The van der Waals surface area contributed by atoms with E-state index >= 15 is 0 Å². The lowest BCUT2D eigenvalue weighted by atomic mass is 10.1. The molecule has 1 aliphatic heterocycles. The number of H-pyrrole nitrogens is 1. The summed E-state index contributed by atoms with van der Waals surface area (Å²) in [7, 11) is 0. The van der Waals surface area contributed by atoms with Crippen molar-refractivity contribution in [1.29, 1.82) is 0 Å². The summed E-state index contributed by atoms with van der Waals surface area (Å²) in [6.07, 6.45) is 0.751. The van der Waals surface area contributed by atoms with Crippen molar-refractivity contribution in [3.63, 3.8) is 0 Å². The zero-order valence-electron chi connectivity index (χ0n) is 15.1. The molecule has 134 valence electrons. The van der Waals surface area contributed by atoms with Crippen molar-refractivity contribution in [2.45, 2.75) is 33.4 Å². The van der Waals surface area contributed by atoms with Gasteiger partial charge >= 0.3 is 0 Å². The van der Waals surface area contributed by atoms with E-state index in [0.29, 0.717) is 6.54 Å². The predicted molar refractivity (Wildman–Crippen MR) is 102 cm³/mol. The van der Waals surface area contributed by atoms with Gasteiger partial charge in [0.1, 0.15) is 0 Å². The first-order valence-electron chi connectivity index (χ1n) is 8.86. The van der Waals surface area contributed by atoms with E-state index in [1.807, 2.05) is 6.07 Å². The monoisotopic (exact) mass is 349 g/mol. The fourth-order valence-electron chi connectivity index (χ4n) is 3.84. The third-order valence-corrected chi connectivity index (χ3v) is 5.11. The van der Waals surface area contributed by atoms with Crippen molar-refractivity contribution < 1.29 is 0 Å². The first kappa shape index (κ1) is 16.6. The molecule has 0 saturated carbocycles. The lowest BCUT2D eigenvalue weighted by Crippen LogP contribution is -2.35. The van der Waals surface area contributed by atoms with Gasteiger partial charge < -0.3 is 10.3 Å². The molecule has 1 aromatic carbocycles. The SMILES string of the molecule is Cc1cc(CN2CCc3nc(N)[nH]c(=O)c3C2)c(C)n1-c1ccccc1. The first-order valence-corrected chi connectivity index (χ1v) is 8.86. The molecule has 6 nitrogen and oxygen atoms in total. The van der Waals surface area contributed by atoms with E-state index in [1.165, 1.54) is 22.6 Å². The number of aromatic amines is 1. The van der Waals surface area contributed by atoms with E-state index in [-0.39, 0.29) is 11.5 Å². The Labute approximate surface area is 152 Å². The molecule has 0 saturated heterocycles. The van der Waals surface area contributed by atoms with Gasteiger partial charge in [0.2, 0.25) is 5.95 Å². The van der Waals surface area contributed by atoms with Crippen molar-refractivity contribution in [3.05, 3.63) is 75.0 Å². The molecule has 3 N–H and O–H groups in total. The highest BCUT2D eigenvalue weighted by Gasteiger charge is 2.22. The largest absolute Gasteiger partial charge is 0.369 e. The Morgan fingerprint density at radius 3 is 2.77 bits per heavy atom. The van der Waals surface area contributed by atoms with Gasteiger partial charge in [0.15, 0.2) is 0 Å². The molecule has 3 heterocycles. The van der Waals surface area contributed by atoms with Crippen LogP contribution < -0.4 is 11.3 Å². The number of nitrogens with one attached hydrogen (secondary N) is 1. The average Bonchev–Trinajstić information content (AvgIpc) is 2.89. The molecule has 0 unspecified atom stereocenters. The maximum atomic E-state index is 12.2. The minimum atomic E-state index is -0.119. The topological polar surface area (TPSA) is 79.9 Å². The van der Waals surface area contributed by atoms with Crippen molar-refractivity contribution in [2.24, 2.45) is 0 Å². The summed E-state index contributed by atoms with van der Waals surface area (Å²) in [5, 5.41) is 0. The normalized spacial score (nSPS) is 14.4. The van der Waals surface area contributed by atoms with Gasteiger partial charge in [-0.2, -0.15) is 0 Å². The van der Waals surface area contributed by atoms with Crippen LogP contribution >= 0.6 is 0 Å². The Balaban J connectivity index is 1.60. The van der Waals surface area contributed by atoms with Crippen LogP contribution in [0.1, 0.15) is 28.2 Å². The molecule has 4 rings (SSSR count). The highest BCUT2D eigenvalue weighted by atomic mass is 16.1. The van der Waals surface area contributed by atoms with Gasteiger partial charge in [-0.1, -0.05) is 18.2 Å². The van der Waals surface area contributed by atoms with Crippen LogP contribution in [0.5, 0.6) is 0 Å². The molecule has 0 fully saturated rings. The molecule has 0 bridgehead atoms. The van der Waals surface area contributed by atoms with Crippen LogP contribution in [0, 0.1) is 13.8 Å². The standard InChI is InChI=1S/C20H23N5O/c1-13-10-15(14(2)25(13)16-6-4-3-5-7-16)11-24-9-8-18-17(12-24)19(26)23-20(21)22-18/h3-7,10H,8-9,11-12H2,1-2H3,(H3,21,22,23,26). The summed E-state index contributed by atoms with van der Waals surface area (Å²) in [5.74, 6) is 0.202. The smallest absolute Gasteiger partial charge is 0.257 e. The van der Waals surface area contributed by atoms with Crippen molar-refractivity contribution in [2.75, 3.05) is 12.3 Å². The van der Waals surface area contributed by atoms with Crippen LogP contribution in [-0.2, 0) is 19.5 Å². The van der Waals surface area contributed by atoms with Gasteiger partial charge in [0, 0.05) is 43.1 Å². The Morgan fingerprint density at radius 2 is 2.00 bits per heavy atom. The number of nitrogen functional groups attached to an aromatic ring is 1. The summed E-state index contributed by atoms with van der Waals surface area (Å²) in [6, 6.07) is 12.6. The number of anilines is 1. The van der Waals surface area contributed by atoms with E-state index in [0.717, 1.165) is 30.8 Å². The van der Waals surface area contributed by atoms with Gasteiger partial charge in [-0.15, -0.1) is 0 Å². The minimum Gasteiger partial charge on any atom is -0.369 e. The number of hydrogen-bond donors (Lipinski definition) is 2. The number of nitrogens with two attached hydrogens (primary N) is 1. The van der Waals surface area contributed by atoms with Gasteiger partial charge in [0.25, 0.3) is 5.56 Å². The highest BCUT2D eigenvalue weighted by Crippen LogP contribution is 2.24. The van der Waals surface area contributed by atoms with Crippen molar-refractivity contribution >= 4 is 5.95 Å². The van der Waals surface area contributed by atoms with Crippen LogP contribution in [0.2, 0.25) is 0 Å². The molecule has 26 heavy (non-hydrogen) atoms. The van der Waals surface area contributed by atoms with Crippen LogP contribution in [0.15, 0.2) is 41.2 Å². The molecule has 0 amide bonds. The van der Waals surface area contributed by atoms with Crippen LogP contribution in [0.4, 0.5) is 5.95 Å². The summed E-state index contributed by atoms with van der Waals surface area (Å²) in [4.78, 5) is 21.4. The number of rotatable bonds is 3. The molecule has 1 aliphatic rings. The van der Waals surface area contributed by atoms with Crippen molar-refractivity contribution in [3.8, 4) is 5.69 Å². The molecule has 2 aromatic heterocycles. The average molecular weight is 349 g/mol. The molecule has 0 aliphatic carbocycles. The number of fused-ring (bicyclic) bond motifs is 1. The van der Waals surface area contributed by atoms with E-state index < -0.39 is 0 Å². The minimum absolute atomic E-state index is 0.119. The van der Waals surface area contributed by atoms with E-state index in [2.05, 4.69) is 63.6 Å². The van der Waals surface area contributed by atoms with E-state index in [9.17, 15) is 4.79 Å². The number of hydrogen-bond acceptors (Lipinski definition) is 4. The van der Waals surface area contributed by atoms with Crippen LogP contribution in [0.25, 0.3) is 5.69 Å². The van der Waals surface area contributed by atoms with Crippen LogP contribution in [0.3, 0.4) is 0 Å². The van der Waals surface area contributed by atoms with Gasteiger partial charge in [0.05, 0.1) is 11.3 Å². The van der Waals surface area contributed by atoms with Crippen molar-refractivity contribution in [1.82, 2.24) is 19.4 Å². The molecule has 3 aromatic rings. The van der Waals surface area contributed by atoms with E-state index in [4.69, 9.17) is 5.73 Å². The highest BCUT2D eigenvalue weighted by molar-refractivity contribution is 5.41. The maximum Gasteiger partial charge on any atom is 0.257 e. The zero-order valence-corrected chi connectivity index (χ0v) is 15.1. The number of aryl methyl sites for hydroxylation is 1.